The van der Waals surface area contributed by atoms with E-state index in [1.165, 1.54) is 4.80 Å². The van der Waals surface area contributed by atoms with Gasteiger partial charge in [-0.25, -0.2) is 0 Å². The molecular weight excluding hydrogens is 521 g/mol. The molecule has 1 amide bonds. The zero-order valence-electron chi connectivity index (χ0n) is 22.8. The number of esters is 1. The number of tetrazole rings is 1. The quantitative estimate of drug-likeness (QED) is 0.167. The van der Waals surface area contributed by atoms with Gasteiger partial charge in [-0.3, -0.25) is 9.59 Å². The van der Waals surface area contributed by atoms with Crippen molar-refractivity contribution in [3.05, 3.63) is 95.6 Å². The van der Waals surface area contributed by atoms with E-state index in [1.807, 2.05) is 6.07 Å². The molecule has 0 radical (unpaired) electrons. The second-order valence-electron chi connectivity index (χ2n) is 10.0. The Morgan fingerprint density at radius 3 is 2.17 bits per heavy atom. The fourth-order valence-corrected chi connectivity index (χ4v) is 3.57. The first-order valence-corrected chi connectivity index (χ1v) is 12.3. The predicted octanol–water partition coefficient (Wildman–Crippen LogP) is -0.565. The van der Waals surface area contributed by atoms with Gasteiger partial charge in [-0.15, -0.1) is 10.2 Å². The van der Waals surface area contributed by atoms with Crippen LogP contribution in [-0.2, 0) is 22.6 Å². The zero-order valence-corrected chi connectivity index (χ0v) is 24.8. The number of carbonyl (C=O) groups is 3. The molecule has 0 aliphatic heterocycles. The van der Waals surface area contributed by atoms with Gasteiger partial charge in [-0.2, -0.15) is 4.80 Å². The number of amides is 1. The van der Waals surface area contributed by atoms with Crippen LogP contribution in [0.2, 0.25) is 0 Å². The van der Waals surface area contributed by atoms with Gasteiger partial charge in [0.05, 0.1) is 24.0 Å². The van der Waals surface area contributed by atoms with Crippen LogP contribution < -0.4 is 44.7 Å². The third-order valence-electron chi connectivity index (χ3n) is 5.80. The topological polar surface area (TPSA) is 139 Å². The summed E-state index contributed by atoms with van der Waals surface area (Å²) in [4.78, 5) is 37.7. The van der Waals surface area contributed by atoms with Crippen LogP contribution in [0.1, 0.15) is 42.3 Å². The van der Waals surface area contributed by atoms with Gasteiger partial charge in [0.1, 0.15) is 5.75 Å². The van der Waals surface area contributed by atoms with E-state index in [1.54, 1.807) is 93.6 Å². The molecule has 0 spiro atoms. The van der Waals surface area contributed by atoms with Crippen molar-refractivity contribution >= 4 is 17.8 Å². The Kier molecular flexibility index (Phi) is 10.3. The first-order chi connectivity index (χ1) is 18.6. The zero-order chi connectivity index (χ0) is 28.0. The van der Waals surface area contributed by atoms with Crippen LogP contribution in [0.3, 0.4) is 0 Å². The number of hydrogen-bond acceptors (Lipinski definition) is 8. The number of carboxylic acid groups (broad SMARTS) is 1. The maximum atomic E-state index is 12.6. The average molecular weight is 550 g/mol. The van der Waals surface area contributed by atoms with E-state index in [0.29, 0.717) is 29.2 Å². The monoisotopic (exact) mass is 549 g/mol. The summed E-state index contributed by atoms with van der Waals surface area (Å²) in [5, 5.41) is 26.7. The maximum absolute atomic E-state index is 12.6. The molecule has 0 saturated heterocycles. The molecule has 3 aromatic carbocycles. The van der Waals surface area contributed by atoms with E-state index in [9.17, 15) is 19.5 Å². The van der Waals surface area contributed by atoms with Gasteiger partial charge in [0.25, 0.3) is 5.91 Å². The molecule has 1 aromatic heterocycles. The number of aromatic nitrogens is 4. The molecule has 0 saturated carbocycles. The van der Waals surface area contributed by atoms with Gasteiger partial charge in [0, 0.05) is 11.1 Å². The van der Waals surface area contributed by atoms with Crippen molar-refractivity contribution in [2.75, 3.05) is 0 Å². The van der Waals surface area contributed by atoms with E-state index in [2.05, 4.69) is 20.7 Å². The standard InChI is InChI=1S/C29H29N5O5.Na/c1-29(2,3)28(38)39-23-15-13-21(14-16-23)25-31-33-34(32-25)18-20-9-11-22(12-10-20)26(35)30-24(27(36)37)17-19-7-5-4-6-8-19;/h4-16,24H,17-18H2,1-3H3,(H,30,35)(H,36,37);/q;+1/p-1/t24-;/m0./s1. The third-order valence-corrected chi connectivity index (χ3v) is 5.80. The number of nitrogens with one attached hydrogen (secondary N) is 1. The molecule has 10 nitrogen and oxygen atoms in total. The number of aliphatic carboxylic acids is 1. The van der Waals surface area contributed by atoms with Gasteiger partial charge in [-0.05, 0) is 79.9 Å². The van der Waals surface area contributed by atoms with Crippen molar-refractivity contribution in [1.82, 2.24) is 25.5 Å². The van der Waals surface area contributed by atoms with Crippen LogP contribution in [0, 0.1) is 5.41 Å². The first-order valence-electron chi connectivity index (χ1n) is 12.3. The van der Waals surface area contributed by atoms with Crippen molar-refractivity contribution in [2.24, 2.45) is 5.41 Å². The smallest absolute Gasteiger partial charge is 0.548 e. The van der Waals surface area contributed by atoms with E-state index < -0.39 is 23.3 Å². The molecular formula is C29H28N5NaO5. The van der Waals surface area contributed by atoms with E-state index in [4.69, 9.17) is 4.74 Å². The predicted molar refractivity (Wildman–Crippen MR) is 140 cm³/mol. The average Bonchev–Trinajstić information content (AvgIpc) is 3.37. The first kappa shape index (κ1) is 30.7. The molecule has 40 heavy (non-hydrogen) atoms. The van der Waals surface area contributed by atoms with Crippen molar-refractivity contribution < 1.29 is 53.8 Å². The molecule has 0 unspecified atom stereocenters. The van der Waals surface area contributed by atoms with Crippen molar-refractivity contribution in [2.45, 2.75) is 39.8 Å². The van der Waals surface area contributed by atoms with E-state index in [0.717, 1.165) is 11.1 Å². The summed E-state index contributed by atoms with van der Waals surface area (Å²) in [6.07, 6.45) is 0.123. The van der Waals surface area contributed by atoms with Gasteiger partial charge in [0.15, 0.2) is 0 Å². The molecule has 1 heterocycles. The summed E-state index contributed by atoms with van der Waals surface area (Å²) in [5.74, 6) is -1.34. The summed E-state index contributed by atoms with van der Waals surface area (Å²) in [5.41, 5.74) is 2.02. The molecule has 0 fully saturated rings. The summed E-state index contributed by atoms with van der Waals surface area (Å²) < 4.78 is 5.38. The molecule has 1 N–H and O–H groups in total. The van der Waals surface area contributed by atoms with E-state index in [-0.39, 0.29) is 41.9 Å². The number of rotatable bonds is 9. The summed E-state index contributed by atoms with van der Waals surface area (Å²) in [6.45, 7) is 5.67. The molecule has 11 heteroatoms. The van der Waals surface area contributed by atoms with Crippen molar-refractivity contribution in [1.29, 1.82) is 0 Å². The van der Waals surface area contributed by atoms with Crippen LogP contribution in [0.25, 0.3) is 11.4 Å². The van der Waals surface area contributed by atoms with Crippen molar-refractivity contribution in [3.8, 4) is 17.1 Å². The Labute approximate surface area is 254 Å². The SMILES string of the molecule is CC(C)(C)C(=O)Oc1ccc(-c2nnn(Cc3ccc(C(=O)N[C@@H](Cc4ccccc4)C(=O)[O-])cc3)n2)cc1.[Na+]. The minimum absolute atomic E-state index is 0. The molecule has 0 aliphatic carbocycles. The minimum atomic E-state index is -1.35. The normalized spacial score (nSPS) is 11.7. The van der Waals surface area contributed by atoms with Crippen molar-refractivity contribution in [3.63, 3.8) is 0 Å². The van der Waals surface area contributed by atoms with Crippen LogP contribution in [0.4, 0.5) is 0 Å². The number of benzene rings is 3. The van der Waals surface area contributed by atoms with Gasteiger partial charge >= 0.3 is 35.5 Å². The van der Waals surface area contributed by atoms with Gasteiger partial charge < -0.3 is 20.0 Å². The fourth-order valence-electron chi connectivity index (χ4n) is 3.57. The minimum Gasteiger partial charge on any atom is -0.548 e. The number of carboxylic acids is 1. The summed E-state index contributed by atoms with van der Waals surface area (Å²) in [6, 6.07) is 21.4. The molecule has 4 aromatic rings. The summed E-state index contributed by atoms with van der Waals surface area (Å²) in [7, 11) is 0. The molecule has 0 aliphatic rings. The molecule has 200 valence electrons. The Morgan fingerprint density at radius 1 is 0.925 bits per heavy atom. The number of nitrogens with zero attached hydrogens (tertiary/aromatic N) is 4. The largest absolute Gasteiger partial charge is 1.00 e. The molecule has 0 bridgehead atoms. The second kappa shape index (κ2) is 13.5. The second-order valence-corrected chi connectivity index (χ2v) is 10.0. The van der Waals surface area contributed by atoms with Crippen LogP contribution in [0.5, 0.6) is 5.75 Å². The van der Waals surface area contributed by atoms with Crippen LogP contribution >= 0.6 is 0 Å². The third kappa shape index (κ3) is 8.32. The van der Waals surface area contributed by atoms with Gasteiger partial charge in [-0.1, -0.05) is 42.5 Å². The number of ether oxygens (including phenoxy) is 1. The number of hydrogen-bond donors (Lipinski definition) is 1. The van der Waals surface area contributed by atoms with Gasteiger partial charge in [0.2, 0.25) is 5.82 Å². The Morgan fingerprint density at radius 2 is 1.57 bits per heavy atom. The van der Waals surface area contributed by atoms with Crippen LogP contribution in [-0.4, -0.2) is 44.1 Å². The maximum Gasteiger partial charge on any atom is 1.00 e. The Balaban J connectivity index is 0.00000441. The Hall–Kier alpha value is -3.86. The molecule has 4 rings (SSSR count). The van der Waals surface area contributed by atoms with E-state index >= 15 is 0 Å². The Bertz CT molecular complexity index is 1450. The number of carbonyl (C=O) groups excluding carboxylic acids is 3. The fraction of sp³-hybridized carbons (Fsp3) is 0.241. The van der Waals surface area contributed by atoms with Crippen LogP contribution in [0.15, 0.2) is 78.9 Å². The summed E-state index contributed by atoms with van der Waals surface area (Å²) >= 11 is 0. The molecule has 1 atom stereocenters.